The molecule has 0 aliphatic rings. The van der Waals surface area contributed by atoms with E-state index >= 15 is 0 Å². The fraction of sp³-hybridized carbons (Fsp3) is 0.200. The molecular formula is C20H18Br2Si. The summed E-state index contributed by atoms with van der Waals surface area (Å²) < 4.78 is 2.40. The summed E-state index contributed by atoms with van der Waals surface area (Å²) in [7, 11) is -1.43. The zero-order valence-corrected chi connectivity index (χ0v) is 17.9. The number of rotatable bonds is 1. The molecule has 0 fully saturated rings. The minimum atomic E-state index is -1.43. The summed E-state index contributed by atoms with van der Waals surface area (Å²) in [6.45, 7) is 9.47. The smallest absolute Gasteiger partial charge is 0.0656 e. The highest BCUT2D eigenvalue weighted by Crippen LogP contribution is 2.41. The monoisotopic (exact) mass is 444 g/mol. The Kier molecular flexibility index (Phi) is 3.42. The summed E-state index contributed by atoms with van der Waals surface area (Å²) in [4.78, 5) is 0. The van der Waals surface area contributed by atoms with Crippen LogP contribution in [0.15, 0.2) is 45.3 Å². The van der Waals surface area contributed by atoms with Gasteiger partial charge in [0.2, 0.25) is 0 Å². The number of hydrogen-bond acceptors (Lipinski definition) is 0. The van der Waals surface area contributed by atoms with Crippen molar-refractivity contribution in [3.8, 4) is 0 Å². The van der Waals surface area contributed by atoms with Gasteiger partial charge in [0, 0.05) is 8.95 Å². The van der Waals surface area contributed by atoms with Crippen molar-refractivity contribution >= 4 is 77.4 Å². The van der Waals surface area contributed by atoms with Crippen LogP contribution in [0.25, 0.3) is 32.3 Å². The highest BCUT2D eigenvalue weighted by Gasteiger charge is 2.23. The van der Waals surface area contributed by atoms with Crippen LogP contribution in [0.2, 0.25) is 19.6 Å². The third-order valence-electron chi connectivity index (χ3n) is 4.81. The first-order chi connectivity index (χ1) is 10.8. The number of halogens is 2. The number of aryl methyl sites for hydroxylation is 1. The van der Waals surface area contributed by atoms with Gasteiger partial charge >= 0.3 is 0 Å². The van der Waals surface area contributed by atoms with Crippen molar-refractivity contribution in [2.45, 2.75) is 26.6 Å². The molecule has 0 saturated carbocycles. The number of hydrogen-bond donors (Lipinski definition) is 0. The first-order valence-electron chi connectivity index (χ1n) is 7.85. The van der Waals surface area contributed by atoms with Gasteiger partial charge in [-0.25, -0.2) is 0 Å². The van der Waals surface area contributed by atoms with Crippen molar-refractivity contribution in [3.63, 3.8) is 0 Å². The van der Waals surface area contributed by atoms with Crippen molar-refractivity contribution in [2.75, 3.05) is 0 Å². The van der Waals surface area contributed by atoms with Crippen LogP contribution in [-0.4, -0.2) is 8.07 Å². The molecule has 4 rings (SSSR count). The Bertz CT molecular complexity index is 1050. The van der Waals surface area contributed by atoms with Gasteiger partial charge in [-0.15, -0.1) is 0 Å². The zero-order chi connectivity index (χ0) is 16.5. The molecule has 0 nitrogen and oxygen atoms in total. The molecule has 4 aromatic carbocycles. The zero-order valence-electron chi connectivity index (χ0n) is 13.7. The summed E-state index contributed by atoms with van der Waals surface area (Å²) in [6, 6.07) is 13.7. The van der Waals surface area contributed by atoms with Crippen molar-refractivity contribution in [2.24, 2.45) is 0 Å². The molecule has 0 atom stereocenters. The Morgan fingerprint density at radius 2 is 1.17 bits per heavy atom. The predicted octanol–water partition coefficient (Wildman–Crippen LogP) is 6.96. The van der Waals surface area contributed by atoms with Crippen LogP contribution < -0.4 is 5.19 Å². The SMILES string of the molecule is Cc1cc(Br)c2ccc3c([Si](C)(C)C)cc(Br)c4ccc1c2c43. The lowest BCUT2D eigenvalue weighted by Gasteiger charge is -2.23. The van der Waals surface area contributed by atoms with Crippen LogP contribution in [0.3, 0.4) is 0 Å². The van der Waals surface area contributed by atoms with Crippen LogP contribution in [0.1, 0.15) is 5.56 Å². The van der Waals surface area contributed by atoms with E-state index in [0.717, 1.165) is 0 Å². The molecule has 0 aromatic heterocycles. The summed E-state index contributed by atoms with van der Waals surface area (Å²) in [5.74, 6) is 0. The Balaban J connectivity index is 2.38. The minimum absolute atomic E-state index is 1.19. The average Bonchev–Trinajstić information content (AvgIpc) is 2.48. The van der Waals surface area contributed by atoms with Gasteiger partial charge in [0.25, 0.3) is 0 Å². The fourth-order valence-electron chi connectivity index (χ4n) is 3.69. The van der Waals surface area contributed by atoms with Crippen molar-refractivity contribution < 1.29 is 0 Å². The molecule has 0 heterocycles. The maximum Gasteiger partial charge on any atom is 0.0784 e. The second kappa shape index (κ2) is 5.04. The molecule has 0 amide bonds. The molecule has 0 aliphatic heterocycles. The largest absolute Gasteiger partial charge is 0.0784 e. The van der Waals surface area contributed by atoms with Crippen LogP contribution in [0.5, 0.6) is 0 Å². The summed E-state index contributed by atoms with van der Waals surface area (Å²) in [6.07, 6.45) is 0. The topological polar surface area (TPSA) is 0 Å². The van der Waals surface area contributed by atoms with Gasteiger partial charge in [0.05, 0.1) is 8.07 Å². The lowest BCUT2D eigenvalue weighted by atomic mass is 9.92. The van der Waals surface area contributed by atoms with Crippen LogP contribution in [-0.2, 0) is 0 Å². The van der Waals surface area contributed by atoms with Gasteiger partial charge in [-0.1, -0.05) is 81.0 Å². The van der Waals surface area contributed by atoms with Gasteiger partial charge in [0.1, 0.15) is 0 Å². The van der Waals surface area contributed by atoms with Gasteiger partial charge < -0.3 is 0 Å². The van der Waals surface area contributed by atoms with Gasteiger partial charge in [-0.2, -0.15) is 0 Å². The first-order valence-corrected chi connectivity index (χ1v) is 12.9. The Morgan fingerprint density at radius 1 is 0.696 bits per heavy atom. The first kappa shape index (κ1) is 15.6. The molecule has 4 aromatic rings. The minimum Gasteiger partial charge on any atom is -0.0656 e. The molecule has 0 bridgehead atoms. The molecule has 0 aliphatic carbocycles. The quantitative estimate of drug-likeness (QED) is 0.219. The average molecular weight is 446 g/mol. The Labute approximate surface area is 154 Å². The normalized spacial score (nSPS) is 12.8. The Hall–Kier alpha value is -0.903. The molecule has 0 radical (unpaired) electrons. The van der Waals surface area contributed by atoms with Crippen molar-refractivity contribution in [3.05, 3.63) is 50.9 Å². The molecule has 23 heavy (non-hydrogen) atoms. The van der Waals surface area contributed by atoms with Crippen LogP contribution >= 0.6 is 31.9 Å². The molecule has 0 saturated heterocycles. The molecular weight excluding hydrogens is 428 g/mol. The highest BCUT2D eigenvalue weighted by atomic mass is 79.9. The van der Waals surface area contributed by atoms with E-state index in [1.165, 1.54) is 52.0 Å². The van der Waals surface area contributed by atoms with E-state index in [4.69, 9.17) is 0 Å². The summed E-state index contributed by atoms with van der Waals surface area (Å²) in [5, 5.41) is 9.76. The Morgan fingerprint density at radius 3 is 1.78 bits per heavy atom. The molecule has 116 valence electrons. The van der Waals surface area contributed by atoms with Crippen molar-refractivity contribution in [1.82, 2.24) is 0 Å². The molecule has 3 heteroatoms. The van der Waals surface area contributed by atoms with E-state index in [2.05, 4.69) is 94.8 Å². The fourth-order valence-corrected chi connectivity index (χ4v) is 6.73. The van der Waals surface area contributed by atoms with E-state index in [9.17, 15) is 0 Å². The maximum absolute atomic E-state index is 3.83. The third-order valence-corrected chi connectivity index (χ3v) is 8.15. The van der Waals surface area contributed by atoms with Gasteiger partial charge in [-0.3, -0.25) is 0 Å². The van der Waals surface area contributed by atoms with E-state index in [0.29, 0.717) is 0 Å². The second-order valence-electron chi connectivity index (χ2n) is 7.40. The molecule has 0 unspecified atom stereocenters. The second-order valence-corrected chi connectivity index (χ2v) is 14.1. The molecule has 0 spiro atoms. The third kappa shape index (κ3) is 2.20. The standard InChI is InChI=1S/C20H18Br2Si/c1-11-9-16(21)13-7-8-15-18(23(2,3)4)10-17(22)14-6-5-12(11)19(13)20(14)15/h5-10H,1-4H3. The van der Waals surface area contributed by atoms with E-state index < -0.39 is 8.07 Å². The summed E-state index contributed by atoms with van der Waals surface area (Å²) >= 11 is 7.60. The lowest BCUT2D eigenvalue weighted by Crippen LogP contribution is -2.38. The van der Waals surface area contributed by atoms with Gasteiger partial charge in [0.15, 0.2) is 0 Å². The maximum atomic E-state index is 3.83. The predicted molar refractivity (Wildman–Crippen MR) is 113 cm³/mol. The molecule has 0 N–H and O–H groups in total. The van der Waals surface area contributed by atoms with Crippen LogP contribution in [0, 0.1) is 6.92 Å². The lowest BCUT2D eigenvalue weighted by molar-refractivity contribution is 1.53. The van der Waals surface area contributed by atoms with Crippen LogP contribution in [0.4, 0.5) is 0 Å². The van der Waals surface area contributed by atoms with E-state index in [-0.39, 0.29) is 0 Å². The van der Waals surface area contributed by atoms with Crippen molar-refractivity contribution in [1.29, 1.82) is 0 Å². The van der Waals surface area contributed by atoms with Gasteiger partial charge in [-0.05, 0) is 56.9 Å². The number of benzene rings is 4. The summed E-state index contributed by atoms with van der Waals surface area (Å²) in [5.41, 5.74) is 1.33. The van der Waals surface area contributed by atoms with E-state index in [1.54, 1.807) is 0 Å². The van der Waals surface area contributed by atoms with E-state index in [1.807, 2.05) is 0 Å². The highest BCUT2D eigenvalue weighted by molar-refractivity contribution is 9.11.